The molecule has 94 heavy (non-hydrogen) atoms. The fraction of sp³-hybridized carbons (Fsp3) is 0.372. The van der Waals surface area contributed by atoms with Gasteiger partial charge >= 0.3 is 0 Å². The fourth-order valence-electron chi connectivity index (χ4n) is 14.4. The predicted molar refractivity (Wildman–Crippen MR) is 409 cm³/mol. The number of anilines is 6. The van der Waals surface area contributed by atoms with E-state index in [4.69, 9.17) is 9.47 Å². The van der Waals surface area contributed by atoms with E-state index in [1.807, 2.05) is 23.5 Å². The third kappa shape index (κ3) is 11.9. The molecule has 9 aromatic carbocycles. The van der Waals surface area contributed by atoms with Gasteiger partial charge < -0.3 is 19.3 Å². The molecule has 0 unspecified atom stereocenters. The van der Waals surface area contributed by atoms with E-state index >= 15 is 0 Å². The van der Waals surface area contributed by atoms with Crippen molar-refractivity contribution in [2.75, 3.05) is 9.80 Å². The second-order valence-electron chi connectivity index (χ2n) is 35.6. The Morgan fingerprint density at radius 3 is 0.766 bits per heavy atom. The molecule has 8 heteroatoms. The van der Waals surface area contributed by atoms with Crippen LogP contribution in [0.5, 0.6) is 23.0 Å². The van der Waals surface area contributed by atoms with Crippen molar-refractivity contribution in [3.05, 3.63) is 202 Å². The summed E-state index contributed by atoms with van der Waals surface area (Å²) in [5.41, 5.74) is 24.0. The van der Waals surface area contributed by atoms with Gasteiger partial charge in [0.15, 0.2) is 0 Å². The maximum Gasteiger partial charge on any atom is 0.254 e. The van der Waals surface area contributed by atoms with Crippen molar-refractivity contribution < 1.29 is 9.47 Å². The predicted octanol–water partition coefficient (Wildman–Crippen LogP) is 21.2. The van der Waals surface area contributed by atoms with E-state index in [-0.39, 0.29) is 56.7 Å². The van der Waals surface area contributed by atoms with Gasteiger partial charge in [-0.2, -0.15) is 0 Å². The van der Waals surface area contributed by atoms with Gasteiger partial charge in [0.1, 0.15) is 23.0 Å². The van der Waals surface area contributed by atoms with Gasteiger partial charge in [0.2, 0.25) is 0 Å². The number of ether oxygens (including phenoxy) is 2. The summed E-state index contributed by atoms with van der Waals surface area (Å²) in [7, 11) is 0. The van der Waals surface area contributed by atoms with E-state index in [0.717, 1.165) is 57.1 Å². The Hall–Kier alpha value is -6.99. The smallest absolute Gasteiger partial charge is 0.254 e. The molecule has 4 heterocycles. The zero-order valence-electron chi connectivity index (χ0n) is 60.7. The van der Waals surface area contributed by atoms with Crippen LogP contribution < -0.4 is 52.1 Å². The van der Waals surface area contributed by atoms with Crippen molar-refractivity contribution >= 4 is 104 Å². The molecule has 0 aromatic heterocycles. The molecule has 0 atom stereocenters. The Morgan fingerprint density at radius 1 is 0.245 bits per heavy atom. The normalized spacial score (nSPS) is 14.4. The highest BCUT2D eigenvalue weighted by Gasteiger charge is 2.48. The quantitative estimate of drug-likeness (QED) is 0.154. The molecule has 4 nitrogen and oxygen atoms in total. The van der Waals surface area contributed by atoms with E-state index in [1.54, 1.807) is 0 Å². The molecule has 0 saturated carbocycles. The van der Waals surface area contributed by atoms with E-state index in [1.165, 1.54) is 96.9 Å². The van der Waals surface area contributed by atoms with Gasteiger partial charge in [0.05, 0.1) is 11.4 Å². The van der Waals surface area contributed by atoms with Gasteiger partial charge in [0, 0.05) is 54.5 Å². The highest BCUT2D eigenvalue weighted by atomic mass is 32.2. The standard InChI is InChI=1S/C86H98B2N2O2S2/c1-79(2,3)51-25-33-57(34-26-51)89(58-35-27-52(28-36-58)80(4,5)6)61-45-69-77-73(47-61)93-71-50-72-66(49-65(71)87(77)75-63(85(19,20)21)41-55(83(13,14)15)43-67(75)91-69)88-76-64(86(22,23)24)42-56(84(16,17)18)44-68(76)92-70-46-62(48-74(94-72)78(70)88)90(59-37-29-53(30-38-59)81(7,8)9)60-39-31-54(32-40-60)82(10,11)12/h25-50H,1-24H3. The first-order valence-corrected chi connectivity index (χ1v) is 35.9. The lowest BCUT2D eigenvalue weighted by molar-refractivity contribution is 0.478. The number of nitrogens with zero attached hydrogens (tertiary/aromatic N) is 2. The lowest BCUT2D eigenvalue weighted by Crippen LogP contribution is -2.63. The zero-order chi connectivity index (χ0) is 67.7. The number of fused-ring (bicyclic) bond motifs is 8. The Bertz CT molecular complexity index is 4090. The molecule has 0 saturated heterocycles. The molecule has 4 aliphatic rings. The molecule has 0 spiro atoms. The highest BCUT2D eigenvalue weighted by Crippen LogP contribution is 2.50. The average molecular weight is 1280 g/mol. The van der Waals surface area contributed by atoms with E-state index in [2.05, 4.69) is 334 Å². The minimum absolute atomic E-state index is 0.00688. The topological polar surface area (TPSA) is 24.9 Å². The summed E-state index contributed by atoms with van der Waals surface area (Å²) in [5, 5.41) is 0. The van der Waals surface area contributed by atoms with Crippen molar-refractivity contribution in [2.24, 2.45) is 0 Å². The molecule has 9 aromatic rings. The minimum Gasteiger partial charge on any atom is -0.458 e. The Kier molecular flexibility index (Phi) is 15.6. The third-order valence-electron chi connectivity index (χ3n) is 20.1. The van der Waals surface area contributed by atoms with Crippen LogP contribution in [-0.4, -0.2) is 13.4 Å². The summed E-state index contributed by atoms with van der Waals surface area (Å²) in [4.78, 5) is 9.89. The van der Waals surface area contributed by atoms with Crippen LogP contribution >= 0.6 is 23.5 Å². The Morgan fingerprint density at radius 2 is 0.511 bits per heavy atom. The van der Waals surface area contributed by atoms with E-state index in [9.17, 15) is 0 Å². The van der Waals surface area contributed by atoms with Crippen LogP contribution in [0.1, 0.15) is 211 Å². The number of hydrogen-bond donors (Lipinski definition) is 0. The van der Waals surface area contributed by atoms with Crippen LogP contribution in [0.25, 0.3) is 0 Å². The first-order chi connectivity index (χ1) is 43.6. The van der Waals surface area contributed by atoms with Crippen LogP contribution in [-0.2, 0) is 43.3 Å². The summed E-state index contributed by atoms with van der Waals surface area (Å²) in [6.45, 7) is 55.6. The summed E-state index contributed by atoms with van der Waals surface area (Å²) in [6, 6.07) is 61.6. The molecule has 0 aliphatic carbocycles. The molecule has 0 radical (unpaired) electrons. The fourth-order valence-corrected chi connectivity index (χ4v) is 16.9. The van der Waals surface area contributed by atoms with Crippen LogP contribution in [0.15, 0.2) is 177 Å². The van der Waals surface area contributed by atoms with Gasteiger partial charge in [-0.3, -0.25) is 0 Å². The Balaban J connectivity index is 1.07. The molecule has 0 N–H and O–H groups in total. The number of hydrogen-bond acceptors (Lipinski definition) is 6. The second kappa shape index (κ2) is 22.3. The van der Waals surface area contributed by atoms with Gasteiger partial charge in [-0.05, 0) is 189 Å². The van der Waals surface area contributed by atoms with Gasteiger partial charge in [-0.25, -0.2) is 0 Å². The maximum atomic E-state index is 7.64. The van der Waals surface area contributed by atoms with Crippen LogP contribution in [0.4, 0.5) is 34.1 Å². The first-order valence-electron chi connectivity index (χ1n) is 34.3. The second-order valence-corrected chi connectivity index (χ2v) is 37.8. The first kappa shape index (κ1) is 65.7. The van der Waals surface area contributed by atoms with Crippen LogP contribution in [0.2, 0.25) is 0 Å². The molecule has 4 aliphatic heterocycles. The van der Waals surface area contributed by atoms with Crippen molar-refractivity contribution in [1.29, 1.82) is 0 Å². The summed E-state index contributed by atoms with van der Waals surface area (Å²) < 4.78 is 15.3. The average Bonchev–Trinajstić information content (AvgIpc) is 0.697. The SMILES string of the molecule is CC(C)(C)c1ccc(N(c2ccc(C(C)(C)C)cc2)c2cc3c4c(c2)Sc2cc5c(cc2B4c2c(cc(C(C)(C)C)cc2C(C)(C)C)O3)B2c3c(cc(N(c4ccc(C(C)(C)C)cc4)c4ccc(C(C)(C)C)cc4)cc3S5)Oc3cc(C(C)(C)C)cc(C(C)(C)C)c32)cc1. The van der Waals surface area contributed by atoms with Crippen LogP contribution in [0.3, 0.4) is 0 Å². The van der Waals surface area contributed by atoms with E-state index < -0.39 is 0 Å². The van der Waals surface area contributed by atoms with Crippen molar-refractivity contribution in [1.82, 2.24) is 0 Å². The monoisotopic (exact) mass is 1280 g/mol. The van der Waals surface area contributed by atoms with Crippen molar-refractivity contribution in [3.8, 4) is 23.0 Å². The Labute approximate surface area is 573 Å². The molecule has 0 fully saturated rings. The van der Waals surface area contributed by atoms with E-state index in [0.29, 0.717) is 0 Å². The van der Waals surface area contributed by atoms with Crippen molar-refractivity contribution in [3.63, 3.8) is 0 Å². The number of rotatable bonds is 6. The lowest BCUT2D eigenvalue weighted by atomic mass is 9.31. The molecular formula is C86H98B2N2O2S2. The van der Waals surface area contributed by atoms with Gasteiger partial charge in [0.25, 0.3) is 13.4 Å². The molecular weight excluding hydrogens is 1180 g/mol. The molecule has 482 valence electrons. The summed E-state index contributed by atoms with van der Waals surface area (Å²) >= 11 is 3.82. The third-order valence-corrected chi connectivity index (χ3v) is 22.4. The maximum absolute atomic E-state index is 7.64. The zero-order valence-corrected chi connectivity index (χ0v) is 62.3. The van der Waals surface area contributed by atoms with Crippen LogP contribution in [0, 0.1) is 0 Å². The molecule has 13 rings (SSSR count). The van der Waals surface area contributed by atoms with Crippen molar-refractivity contribution in [2.45, 2.75) is 229 Å². The van der Waals surface area contributed by atoms with Gasteiger partial charge in [-0.15, -0.1) is 0 Å². The molecule has 0 amide bonds. The summed E-state index contributed by atoms with van der Waals surface area (Å²) in [5.74, 6) is 3.72. The largest absolute Gasteiger partial charge is 0.458 e. The van der Waals surface area contributed by atoms with Gasteiger partial charge in [-0.1, -0.05) is 267 Å². The number of benzene rings is 9. The minimum atomic E-state index is -0.203. The molecule has 0 bridgehead atoms. The highest BCUT2D eigenvalue weighted by molar-refractivity contribution is 8.01. The lowest BCUT2D eigenvalue weighted by Gasteiger charge is -2.41. The summed E-state index contributed by atoms with van der Waals surface area (Å²) in [6.07, 6.45) is 0.